The number of hydrogen-bond acceptors (Lipinski definition) is 5. The maximum absolute atomic E-state index is 12.0. The Morgan fingerprint density at radius 2 is 1.94 bits per heavy atom. The maximum Gasteiger partial charge on any atom is 0.249 e. The van der Waals surface area contributed by atoms with Crippen molar-refractivity contribution in [1.82, 2.24) is 5.43 Å². The Morgan fingerprint density at radius 3 is 2.61 bits per heavy atom. The van der Waals surface area contributed by atoms with E-state index in [1.54, 1.807) is 31.4 Å². The first-order valence-electron chi connectivity index (χ1n) is 9.41. The molecule has 0 unspecified atom stereocenters. The molecule has 2 rings (SSSR count). The molecule has 0 saturated carbocycles. The van der Waals surface area contributed by atoms with E-state index in [1.807, 2.05) is 0 Å². The average Bonchev–Trinajstić information content (AvgIpc) is 2.72. The SMILES string of the molecule is CCCCOc1c(Br)cc(C=NNC(=O)CC(=O)Nc2ccc(Cl)c(Cl)c2)cc1OC. The molecule has 0 aliphatic heterocycles. The van der Waals surface area contributed by atoms with Gasteiger partial charge in [0.1, 0.15) is 6.42 Å². The third-order valence-corrected chi connectivity index (χ3v) is 5.25. The number of hydrogen-bond donors (Lipinski definition) is 2. The number of amides is 2. The van der Waals surface area contributed by atoms with Gasteiger partial charge >= 0.3 is 0 Å². The minimum atomic E-state index is -0.570. The van der Waals surface area contributed by atoms with Crippen LogP contribution in [0.4, 0.5) is 5.69 Å². The molecule has 0 fully saturated rings. The number of hydrazone groups is 1. The van der Waals surface area contributed by atoms with E-state index in [4.69, 9.17) is 32.7 Å². The van der Waals surface area contributed by atoms with Crippen LogP contribution >= 0.6 is 39.1 Å². The minimum Gasteiger partial charge on any atom is -0.493 e. The van der Waals surface area contributed by atoms with Gasteiger partial charge in [-0.2, -0.15) is 5.10 Å². The monoisotopic (exact) mass is 529 g/mol. The number of carbonyl (C=O) groups is 2. The summed E-state index contributed by atoms with van der Waals surface area (Å²) in [7, 11) is 1.55. The van der Waals surface area contributed by atoms with Gasteiger partial charge in [-0.25, -0.2) is 5.43 Å². The standard InChI is InChI=1S/C21H22BrCl2N3O4/c1-3-4-7-31-21-15(22)8-13(9-18(21)30-2)12-25-27-20(29)11-19(28)26-14-5-6-16(23)17(24)10-14/h5-6,8-10,12H,3-4,7,11H2,1-2H3,(H,26,28)(H,27,29). The number of nitrogens with zero attached hydrogens (tertiary/aromatic N) is 1. The highest BCUT2D eigenvalue weighted by Gasteiger charge is 2.12. The molecule has 0 aliphatic carbocycles. The van der Waals surface area contributed by atoms with Gasteiger partial charge in [0.2, 0.25) is 11.8 Å². The molecule has 0 aliphatic rings. The average molecular weight is 531 g/mol. The molecule has 0 atom stereocenters. The lowest BCUT2D eigenvalue weighted by Gasteiger charge is -2.13. The van der Waals surface area contributed by atoms with Gasteiger partial charge in [0, 0.05) is 5.69 Å². The van der Waals surface area contributed by atoms with Gasteiger partial charge in [0.15, 0.2) is 11.5 Å². The van der Waals surface area contributed by atoms with Crippen LogP contribution in [0.3, 0.4) is 0 Å². The van der Waals surface area contributed by atoms with E-state index in [1.165, 1.54) is 12.3 Å². The summed E-state index contributed by atoms with van der Waals surface area (Å²) in [6.45, 7) is 2.67. The van der Waals surface area contributed by atoms with E-state index in [0.29, 0.717) is 43.9 Å². The van der Waals surface area contributed by atoms with Gasteiger partial charge in [-0.1, -0.05) is 36.5 Å². The first-order chi connectivity index (χ1) is 14.8. The summed E-state index contributed by atoms with van der Waals surface area (Å²) in [5.41, 5.74) is 3.43. The Bertz CT molecular complexity index is 970. The number of nitrogens with one attached hydrogen (secondary N) is 2. The third-order valence-electron chi connectivity index (χ3n) is 3.92. The number of ether oxygens (including phenoxy) is 2. The Balaban J connectivity index is 1.91. The van der Waals surface area contributed by atoms with Crippen molar-refractivity contribution in [1.29, 1.82) is 0 Å². The van der Waals surface area contributed by atoms with Crippen LogP contribution in [0.1, 0.15) is 31.7 Å². The summed E-state index contributed by atoms with van der Waals surface area (Å²) >= 11 is 15.2. The molecule has 31 heavy (non-hydrogen) atoms. The normalized spacial score (nSPS) is 10.7. The molecule has 0 spiro atoms. The van der Waals surface area contributed by atoms with E-state index >= 15 is 0 Å². The summed E-state index contributed by atoms with van der Waals surface area (Å²) < 4.78 is 11.8. The highest BCUT2D eigenvalue weighted by atomic mass is 79.9. The Kier molecular flexibility index (Phi) is 10.1. The van der Waals surface area contributed by atoms with Gasteiger partial charge in [0.05, 0.1) is 34.4 Å². The molecule has 2 amide bonds. The highest BCUT2D eigenvalue weighted by Crippen LogP contribution is 2.36. The van der Waals surface area contributed by atoms with Crippen molar-refractivity contribution in [3.05, 3.63) is 50.4 Å². The number of methoxy groups -OCH3 is 1. The second kappa shape index (κ2) is 12.5. The Hall–Kier alpha value is -2.29. The first-order valence-corrected chi connectivity index (χ1v) is 11.0. The highest BCUT2D eigenvalue weighted by molar-refractivity contribution is 9.10. The molecule has 2 N–H and O–H groups in total. The van der Waals surface area contributed by atoms with E-state index in [-0.39, 0.29) is 0 Å². The van der Waals surface area contributed by atoms with Crippen molar-refractivity contribution >= 4 is 62.8 Å². The van der Waals surface area contributed by atoms with Crippen molar-refractivity contribution in [3.8, 4) is 11.5 Å². The van der Waals surface area contributed by atoms with Gasteiger partial charge < -0.3 is 14.8 Å². The molecule has 0 bridgehead atoms. The van der Waals surface area contributed by atoms with Crippen molar-refractivity contribution in [2.45, 2.75) is 26.2 Å². The molecule has 2 aromatic carbocycles. The third kappa shape index (κ3) is 8.05. The maximum atomic E-state index is 12.0. The van der Waals surface area contributed by atoms with Gasteiger partial charge in [0.25, 0.3) is 0 Å². The van der Waals surface area contributed by atoms with Crippen LogP contribution in [0, 0.1) is 0 Å². The van der Waals surface area contributed by atoms with Crippen LogP contribution in [0.25, 0.3) is 0 Å². The van der Waals surface area contributed by atoms with Crippen LogP contribution < -0.4 is 20.2 Å². The van der Waals surface area contributed by atoms with Crippen molar-refractivity contribution < 1.29 is 19.1 Å². The predicted molar refractivity (Wildman–Crippen MR) is 127 cm³/mol. The quantitative estimate of drug-likeness (QED) is 0.186. The minimum absolute atomic E-state index is 0.303. The van der Waals surface area contributed by atoms with Crippen LogP contribution in [0.5, 0.6) is 11.5 Å². The molecular formula is C21H22BrCl2N3O4. The number of rotatable bonds is 10. The van der Waals surface area contributed by atoms with E-state index in [9.17, 15) is 9.59 Å². The number of anilines is 1. The largest absolute Gasteiger partial charge is 0.493 e. The summed E-state index contributed by atoms with van der Waals surface area (Å²) in [5.74, 6) is 0.0683. The molecule has 0 saturated heterocycles. The zero-order valence-electron chi connectivity index (χ0n) is 17.0. The lowest BCUT2D eigenvalue weighted by Crippen LogP contribution is -2.24. The fourth-order valence-electron chi connectivity index (χ4n) is 2.42. The van der Waals surface area contributed by atoms with Crippen molar-refractivity contribution in [2.24, 2.45) is 5.10 Å². The van der Waals surface area contributed by atoms with Crippen molar-refractivity contribution in [2.75, 3.05) is 19.0 Å². The topological polar surface area (TPSA) is 89.0 Å². The second-order valence-electron chi connectivity index (χ2n) is 6.38. The van der Waals surface area contributed by atoms with E-state index < -0.39 is 18.2 Å². The molecule has 7 nitrogen and oxygen atoms in total. The lowest BCUT2D eigenvalue weighted by molar-refractivity contribution is -0.126. The van der Waals surface area contributed by atoms with Gasteiger partial charge in [-0.05, 0) is 58.2 Å². The summed E-state index contributed by atoms with van der Waals surface area (Å²) in [6.07, 6.45) is 2.99. The lowest BCUT2D eigenvalue weighted by atomic mass is 10.2. The van der Waals surface area contributed by atoms with Gasteiger partial charge in [-0.15, -0.1) is 0 Å². The number of halogens is 3. The van der Waals surface area contributed by atoms with Crippen LogP contribution in [-0.4, -0.2) is 31.7 Å². The molecule has 0 aromatic heterocycles. The molecule has 166 valence electrons. The molecule has 2 aromatic rings. The number of carbonyl (C=O) groups excluding carboxylic acids is 2. The van der Waals surface area contributed by atoms with Crippen LogP contribution in [-0.2, 0) is 9.59 Å². The number of benzene rings is 2. The molecule has 10 heteroatoms. The molecule has 0 heterocycles. The van der Waals surface area contributed by atoms with Crippen LogP contribution in [0.15, 0.2) is 39.9 Å². The summed E-state index contributed by atoms with van der Waals surface area (Å²) in [6, 6.07) is 8.16. The van der Waals surface area contributed by atoms with Crippen molar-refractivity contribution in [3.63, 3.8) is 0 Å². The Labute approximate surface area is 199 Å². The van der Waals surface area contributed by atoms with Crippen LogP contribution in [0.2, 0.25) is 10.0 Å². The zero-order valence-corrected chi connectivity index (χ0v) is 20.1. The summed E-state index contributed by atoms with van der Waals surface area (Å²) in [4.78, 5) is 23.9. The Morgan fingerprint density at radius 1 is 1.16 bits per heavy atom. The predicted octanol–water partition coefficient (Wildman–Crippen LogP) is 5.42. The molecule has 0 radical (unpaired) electrons. The zero-order chi connectivity index (χ0) is 22.8. The molecular weight excluding hydrogens is 509 g/mol. The number of unbranched alkanes of at least 4 members (excludes halogenated alkanes) is 1. The smallest absolute Gasteiger partial charge is 0.249 e. The fourth-order valence-corrected chi connectivity index (χ4v) is 3.29. The van der Waals surface area contributed by atoms with E-state index in [0.717, 1.165) is 12.8 Å². The van der Waals surface area contributed by atoms with E-state index in [2.05, 4.69) is 38.7 Å². The second-order valence-corrected chi connectivity index (χ2v) is 8.05. The first kappa shape index (κ1) is 25.0. The summed E-state index contributed by atoms with van der Waals surface area (Å²) in [5, 5.41) is 7.13. The fraction of sp³-hybridized carbons (Fsp3) is 0.286. The van der Waals surface area contributed by atoms with Gasteiger partial charge in [-0.3, -0.25) is 9.59 Å².